The Hall–Kier alpha value is -1.07. The number of fused-ring (bicyclic) bond motifs is 3. The minimum Gasteiger partial charge on any atom is -0.487 e. The van der Waals surface area contributed by atoms with E-state index in [1.54, 1.807) is 0 Å². The van der Waals surface area contributed by atoms with Gasteiger partial charge < -0.3 is 18.9 Å². The van der Waals surface area contributed by atoms with Gasteiger partial charge in [-0.3, -0.25) is 0 Å². The molecule has 4 rings (SSSR count). The molecule has 0 N–H and O–H groups in total. The van der Waals surface area contributed by atoms with Crippen molar-refractivity contribution >= 4 is 5.97 Å². The number of esters is 1. The summed E-state index contributed by atoms with van der Waals surface area (Å²) in [4.78, 5) is 11.3. The summed E-state index contributed by atoms with van der Waals surface area (Å²) in [5.41, 5.74) is -0.577. The molecule has 4 atom stereocenters. The van der Waals surface area contributed by atoms with Gasteiger partial charge in [-0.25, -0.2) is 4.79 Å². The predicted molar refractivity (Wildman–Crippen MR) is 54.8 cm³/mol. The van der Waals surface area contributed by atoms with Crippen LogP contribution in [0, 0.1) is 0 Å². The second-order valence-corrected chi connectivity index (χ2v) is 5.63. The zero-order valence-corrected chi connectivity index (χ0v) is 9.76. The molecule has 0 amide bonds. The molecule has 2 saturated heterocycles. The average Bonchev–Trinajstić information content (AvgIpc) is 2.72. The average molecular weight is 238 g/mol. The largest absolute Gasteiger partial charge is 0.487 e. The summed E-state index contributed by atoms with van der Waals surface area (Å²) in [6, 6.07) is 0. The lowest BCUT2D eigenvalue weighted by molar-refractivity contribution is -0.157. The first-order valence-electron chi connectivity index (χ1n) is 5.95. The number of ether oxygens (including phenoxy) is 4. The topological polar surface area (TPSA) is 54.0 Å². The molecule has 5 heteroatoms. The Balaban J connectivity index is 1.70. The van der Waals surface area contributed by atoms with Crippen LogP contribution in [0.2, 0.25) is 0 Å². The molecule has 92 valence electrons. The smallest absolute Gasteiger partial charge is 0.335 e. The molecular formula is C12H14O5. The third-order valence-corrected chi connectivity index (χ3v) is 3.92. The van der Waals surface area contributed by atoms with E-state index in [0.29, 0.717) is 18.6 Å². The number of rotatable bonds is 0. The van der Waals surface area contributed by atoms with E-state index in [4.69, 9.17) is 18.9 Å². The second-order valence-electron chi connectivity index (χ2n) is 5.63. The SMILES string of the molecule is CC1(C)O[C@H]2[C@H]3C[C@]4(C[C@H]2O1)OC(=O)C=C4O3. The van der Waals surface area contributed by atoms with Crippen molar-refractivity contribution in [2.45, 2.75) is 56.4 Å². The van der Waals surface area contributed by atoms with E-state index in [9.17, 15) is 4.79 Å². The first kappa shape index (κ1) is 9.91. The summed E-state index contributed by atoms with van der Waals surface area (Å²) >= 11 is 0. The standard InChI is InChI=1S/C12H14O5/c1-11(2)15-7-5-12-4-6(10(7)17-11)14-8(12)3-9(13)16-12/h3,6-7,10H,4-5H2,1-2H3/t6-,7-,10+,12-/m1/s1. The van der Waals surface area contributed by atoms with Crippen LogP contribution in [-0.4, -0.2) is 35.7 Å². The van der Waals surface area contributed by atoms with Crippen LogP contribution in [0.25, 0.3) is 0 Å². The highest BCUT2D eigenvalue weighted by Crippen LogP contribution is 2.53. The van der Waals surface area contributed by atoms with Crippen molar-refractivity contribution in [3.8, 4) is 0 Å². The molecule has 3 fully saturated rings. The van der Waals surface area contributed by atoms with Crippen LogP contribution < -0.4 is 0 Å². The Kier molecular flexibility index (Phi) is 1.56. The lowest BCUT2D eigenvalue weighted by Gasteiger charge is -2.32. The number of carbonyl (C=O) groups excluding carboxylic acids is 1. The van der Waals surface area contributed by atoms with Crippen LogP contribution in [0.15, 0.2) is 11.8 Å². The number of hydrogen-bond acceptors (Lipinski definition) is 5. The molecule has 4 aliphatic rings. The van der Waals surface area contributed by atoms with E-state index in [0.717, 1.165) is 0 Å². The van der Waals surface area contributed by atoms with E-state index in [1.807, 2.05) is 13.8 Å². The van der Waals surface area contributed by atoms with Crippen LogP contribution in [-0.2, 0) is 23.7 Å². The molecule has 3 heterocycles. The summed E-state index contributed by atoms with van der Waals surface area (Å²) in [6.07, 6.45) is 2.60. The zero-order valence-electron chi connectivity index (χ0n) is 9.76. The van der Waals surface area contributed by atoms with Crippen molar-refractivity contribution in [3.05, 3.63) is 11.8 Å². The van der Waals surface area contributed by atoms with Crippen LogP contribution in [0.3, 0.4) is 0 Å². The highest BCUT2D eigenvalue weighted by molar-refractivity contribution is 5.86. The van der Waals surface area contributed by atoms with Crippen LogP contribution in [0.4, 0.5) is 0 Å². The highest BCUT2D eigenvalue weighted by Gasteiger charge is 2.64. The highest BCUT2D eigenvalue weighted by atomic mass is 16.8. The normalized spacial score (nSPS) is 49.2. The minimum absolute atomic E-state index is 0.0548. The van der Waals surface area contributed by atoms with Gasteiger partial charge in [-0.1, -0.05) is 0 Å². The Morgan fingerprint density at radius 2 is 2.00 bits per heavy atom. The van der Waals surface area contributed by atoms with Crippen LogP contribution in [0.1, 0.15) is 26.7 Å². The minimum atomic E-state index is -0.577. The molecule has 0 aromatic heterocycles. The van der Waals surface area contributed by atoms with Crippen molar-refractivity contribution in [3.63, 3.8) is 0 Å². The van der Waals surface area contributed by atoms with Gasteiger partial charge in [-0.05, 0) is 13.8 Å². The Labute approximate surface area is 98.7 Å². The quantitative estimate of drug-likeness (QED) is 0.586. The molecule has 1 aliphatic carbocycles. The van der Waals surface area contributed by atoms with Gasteiger partial charge in [0, 0.05) is 12.8 Å². The molecule has 1 saturated carbocycles. The van der Waals surface area contributed by atoms with Gasteiger partial charge in [-0.2, -0.15) is 0 Å². The maximum atomic E-state index is 11.3. The lowest BCUT2D eigenvalue weighted by atomic mass is 9.82. The molecule has 0 radical (unpaired) electrons. The van der Waals surface area contributed by atoms with Gasteiger partial charge in [0.1, 0.15) is 18.0 Å². The van der Waals surface area contributed by atoms with Gasteiger partial charge >= 0.3 is 5.97 Å². The number of hydrogen-bond donors (Lipinski definition) is 0. The van der Waals surface area contributed by atoms with Crippen LogP contribution in [0.5, 0.6) is 0 Å². The monoisotopic (exact) mass is 238 g/mol. The van der Waals surface area contributed by atoms with E-state index < -0.39 is 11.4 Å². The summed E-state index contributed by atoms with van der Waals surface area (Å²) in [5.74, 6) is -0.228. The third kappa shape index (κ3) is 1.18. The van der Waals surface area contributed by atoms with Gasteiger partial charge in [0.25, 0.3) is 0 Å². The first-order chi connectivity index (χ1) is 7.97. The fraction of sp³-hybridized carbons (Fsp3) is 0.750. The van der Waals surface area contributed by atoms with Crippen molar-refractivity contribution in [1.82, 2.24) is 0 Å². The molecule has 0 aromatic carbocycles. The van der Waals surface area contributed by atoms with Gasteiger partial charge in [0.2, 0.25) is 0 Å². The molecule has 5 nitrogen and oxygen atoms in total. The van der Waals surface area contributed by atoms with Gasteiger partial charge in [0.05, 0.1) is 12.2 Å². The van der Waals surface area contributed by atoms with Gasteiger partial charge in [0.15, 0.2) is 11.4 Å². The molecule has 0 aromatic rings. The van der Waals surface area contributed by atoms with Gasteiger partial charge in [-0.15, -0.1) is 0 Å². The summed E-state index contributed by atoms with van der Waals surface area (Å²) in [7, 11) is 0. The Morgan fingerprint density at radius 3 is 2.82 bits per heavy atom. The molecule has 3 aliphatic heterocycles. The molecule has 1 spiro atoms. The Bertz CT molecular complexity index is 440. The van der Waals surface area contributed by atoms with E-state index in [2.05, 4.69) is 0 Å². The van der Waals surface area contributed by atoms with E-state index >= 15 is 0 Å². The van der Waals surface area contributed by atoms with Crippen molar-refractivity contribution in [2.75, 3.05) is 0 Å². The van der Waals surface area contributed by atoms with Crippen molar-refractivity contribution < 1.29 is 23.7 Å². The van der Waals surface area contributed by atoms with Crippen molar-refractivity contribution in [2.24, 2.45) is 0 Å². The fourth-order valence-electron chi connectivity index (χ4n) is 3.39. The first-order valence-corrected chi connectivity index (χ1v) is 5.95. The maximum absolute atomic E-state index is 11.3. The molecular weight excluding hydrogens is 224 g/mol. The molecule has 17 heavy (non-hydrogen) atoms. The Morgan fingerprint density at radius 1 is 1.24 bits per heavy atom. The summed E-state index contributed by atoms with van der Waals surface area (Å²) in [5, 5.41) is 0. The molecule has 2 bridgehead atoms. The molecule has 0 unspecified atom stereocenters. The lowest BCUT2D eigenvalue weighted by Crippen LogP contribution is -2.46. The second kappa shape index (κ2) is 2.67. The van der Waals surface area contributed by atoms with Crippen LogP contribution >= 0.6 is 0 Å². The summed E-state index contributed by atoms with van der Waals surface area (Å²) in [6.45, 7) is 3.79. The number of carbonyl (C=O) groups is 1. The van der Waals surface area contributed by atoms with Crippen molar-refractivity contribution in [1.29, 1.82) is 0 Å². The fourth-order valence-corrected chi connectivity index (χ4v) is 3.39. The maximum Gasteiger partial charge on any atom is 0.335 e. The zero-order chi connectivity index (χ0) is 11.8. The van der Waals surface area contributed by atoms with E-state index in [-0.39, 0.29) is 24.3 Å². The van der Waals surface area contributed by atoms with E-state index in [1.165, 1.54) is 6.08 Å². The third-order valence-electron chi connectivity index (χ3n) is 3.92. The predicted octanol–water partition coefficient (Wildman–Crippen LogP) is 0.879. The summed E-state index contributed by atoms with van der Waals surface area (Å²) < 4.78 is 22.9.